The molecule has 172 valence electrons. The Bertz CT molecular complexity index is 1030. The van der Waals surface area contributed by atoms with E-state index in [4.69, 9.17) is 9.26 Å². The van der Waals surface area contributed by atoms with Crippen LogP contribution in [0.25, 0.3) is 0 Å². The van der Waals surface area contributed by atoms with Crippen molar-refractivity contribution < 1.29 is 14.1 Å². The van der Waals surface area contributed by atoms with Gasteiger partial charge in [0.2, 0.25) is 0 Å². The van der Waals surface area contributed by atoms with E-state index in [1.807, 2.05) is 0 Å². The normalized spacial score (nSPS) is 21.1. The maximum absolute atomic E-state index is 12.8. The Morgan fingerprint density at radius 3 is 3.00 bits per heavy atom. The fourth-order valence-electron chi connectivity index (χ4n) is 5.08. The van der Waals surface area contributed by atoms with Crippen molar-refractivity contribution in [3.05, 3.63) is 44.7 Å². The van der Waals surface area contributed by atoms with Gasteiger partial charge in [0.25, 0.3) is 11.5 Å². The minimum Gasteiger partial charge on any atom is -0.376 e. The van der Waals surface area contributed by atoms with Gasteiger partial charge in [-0.15, -0.1) is 0 Å². The van der Waals surface area contributed by atoms with Crippen LogP contribution in [0.4, 0.5) is 0 Å². The summed E-state index contributed by atoms with van der Waals surface area (Å²) in [6.07, 6.45) is 7.96. The van der Waals surface area contributed by atoms with E-state index in [1.165, 1.54) is 0 Å². The van der Waals surface area contributed by atoms with Gasteiger partial charge in [0.1, 0.15) is 5.76 Å². The summed E-state index contributed by atoms with van der Waals surface area (Å²) < 4.78 is 12.4. The number of fused-ring (bicyclic) bond motifs is 2. The van der Waals surface area contributed by atoms with Crippen LogP contribution in [0.15, 0.2) is 15.4 Å². The number of nitrogens with zero attached hydrogens (tertiary/aromatic N) is 4. The second-order valence-corrected chi connectivity index (χ2v) is 9.02. The molecule has 0 spiro atoms. The summed E-state index contributed by atoms with van der Waals surface area (Å²) in [5.41, 5.74) is 3.24. The zero-order valence-corrected chi connectivity index (χ0v) is 18.5. The first kappa shape index (κ1) is 21.3. The lowest BCUT2D eigenvalue weighted by Crippen LogP contribution is -2.48. The van der Waals surface area contributed by atoms with Gasteiger partial charge in [0, 0.05) is 49.2 Å². The van der Waals surface area contributed by atoms with Crippen molar-refractivity contribution in [1.82, 2.24) is 25.2 Å². The van der Waals surface area contributed by atoms with E-state index in [1.54, 1.807) is 10.7 Å². The Labute approximate surface area is 187 Å². The Kier molecular flexibility index (Phi) is 6.36. The van der Waals surface area contributed by atoms with E-state index in [-0.39, 0.29) is 17.5 Å². The van der Waals surface area contributed by atoms with Crippen molar-refractivity contribution in [2.24, 2.45) is 0 Å². The van der Waals surface area contributed by atoms with Crippen molar-refractivity contribution in [2.45, 2.75) is 70.6 Å². The molecule has 0 radical (unpaired) electrons. The second kappa shape index (κ2) is 9.54. The summed E-state index contributed by atoms with van der Waals surface area (Å²) in [4.78, 5) is 27.6. The van der Waals surface area contributed by atoms with Gasteiger partial charge >= 0.3 is 0 Å². The molecule has 1 unspecified atom stereocenters. The number of piperidine rings is 1. The average molecular weight is 442 g/mol. The lowest BCUT2D eigenvalue weighted by atomic mass is 9.96. The zero-order valence-electron chi connectivity index (χ0n) is 18.5. The highest BCUT2D eigenvalue weighted by Crippen LogP contribution is 2.24. The largest absolute Gasteiger partial charge is 0.376 e. The monoisotopic (exact) mass is 441 g/mol. The molecule has 3 aliphatic rings. The molecule has 0 bridgehead atoms. The van der Waals surface area contributed by atoms with Crippen LogP contribution in [-0.2, 0) is 37.2 Å². The first-order valence-corrected chi connectivity index (χ1v) is 11.9. The molecule has 1 fully saturated rings. The van der Waals surface area contributed by atoms with Gasteiger partial charge in [-0.25, -0.2) is 4.68 Å². The number of hydrogen-bond donors (Lipinski definition) is 1. The van der Waals surface area contributed by atoms with Crippen LogP contribution in [0, 0.1) is 0 Å². The number of rotatable bonds is 6. The van der Waals surface area contributed by atoms with Gasteiger partial charge in [0.05, 0.1) is 25.5 Å². The Morgan fingerprint density at radius 2 is 2.06 bits per heavy atom. The van der Waals surface area contributed by atoms with Crippen molar-refractivity contribution in [3.8, 4) is 0 Å². The molecule has 32 heavy (non-hydrogen) atoms. The highest BCUT2D eigenvalue weighted by atomic mass is 16.5. The Morgan fingerprint density at radius 1 is 1.16 bits per heavy atom. The van der Waals surface area contributed by atoms with E-state index >= 15 is 0 Å². The van der Waals surface area contributed by atoms with E-state index in [9.17, 15) is 9.59 Å². The van der Waals surface area contributed by atoms with Crippen LogP contribution < -0.4 is 10.9 Å². The molecule has 4 heterocycles. The van der Waals surface area contributed by atoms with Crippen LogP contribution in [0.1, 0.15) is 65.2 Å². The number of hydrogen-bond acceptors (Lipinski definition) is 7. The molecule has 2 aliphatic heterocycles. The number of ether oxygens (including phenoxy) is 1. The summed E-state index contributed by atoms with van der Waals surface area (Å²) in [6, 6.07) is 1.91. The van der Waals surface area contributed by atoms with Crippen molar-refractivity contribution in [2.75, 3.05) is 26.2 Å². The van der Waals surface area contributed by atoms with Crippen molar-refractivity contribution in [3.63, 3.8) is 0 Å². The quantitative estimate of drug-likeness (QED) is 0.724. The summed E-state index contributed by atoms with van der Waals surface area (Å²) in [7, 11) is 0. The maximum atomic E-state index is 12.8. The molecule has 2 aromatic heterocycles. The SMILES string of the molecule is O=C(NCC1CCCCN1CCn1nc2c(cc1=O)COCC2)c1noc2c1CCCC2. The molecular weight excluding hydrogens is 410 g/mol. The van der Waals surface area contributed by atoms with Crippen molar-refractivity contribution >= 4 is 5.91 Å². The average Bonchev–Trinajstić information content (AvgIpc) is 3.26. The molecule has 9 heteroatoms. The lowest BCUT2D eigenvalue weighted by Gasteiger charge is -2.35. The van der Waals surface area contributed by atoms with Crippen molar-refractivity contribution in [1.29, 1.82) is 0 Å². The highest BCUT2D eigenvalue weighted by molar-refractivity contribution is 5.93. The van der Waals surface area contributed by atoms with Gasteiger partial charge in [0.15, 0.2) is 5.69 Å². The predicted octanol–water partition coefficient (Wildman–Crippen LogP) is 1.47. The number of carbonyl (C=O) groups is 1. The molecule has 2 aromatic rings. The number of aromatic nitrogens is 3. The van der Waals surface area contributed by atoms with Gasteiger partial charge in [-0.1, -0.05) is 11.6 Å². The molecule has 1 atom stereocenters. The van der Waals surface area contributed by atoms with E-state index in [0.29, 0.717) is 32.0 Å². The Hall–Kier alpha value is -2.52. The standard InChI is InChI=1S/C23H31N5O4/c29-21-13-16-15-31-12-8-19(16)25-28(21)11-10-27-9-4-3-5-17(27)14-24-23(30)22-18-6-1-2-7-20(18)32-26-22/h13,17H,1-12,14-15H2,(H,24,30). The molecule has 0 aromatic carbocycles. The summed E-state index contributed by atoms with van der Waals surface area (Å²) in [5.74, 6) is 0.729. The minimum absolute atomic E-state index is 0.0769. The zero-order chi connectivity index (χ0) is 21.9. The molecule has 5 rings (SSSR count). The van der Waals surface area contributed by atoms with Gasteiger partial charge < -0.3 is 14.6 Å². The van der Waals surface area contributed by atoms with Crippen LogP contribution in [-0.4, -0.2) is 58.0 Å². The number of aryl methyl sites for hydroxylation is 1. The minimum atomic E-state index is -0.141. The van der Waals surface area contributed by atoms with Crippen LogP contribution in [0.5, 0.6) is 0 Å². The summed E-state index contributed by atoms with van der Waals surface area (Å²) in [5, 5.41) is 11.7. The molecule has 0 saturated carbocycles. The molecule has 9 nitrogen and oxygen atoms in total. The Balaban J connectivity index is 1.20. The number of amides is 1. The molecular formula is C23H31N5O4. The lowest BCUT2D eigenvalue weighted by molar-refractivity contribution is 0.0898. The third kappa shape index (κ3) is 4.49. The van der Waals surface area contributed by atoms with E-state index < -0.39 is 0 Å². The summed E-state index contributed by atoms with van der Waals surface area (Å²) in [6.45, 7) is 3.95. The molecule has 1 saturated heterocycles. The van der Waals surface area contributed by atoms with Crippen LogP contribution in [0.2, 0.25) is 0 Å². The third-order valence-electron chi connectivity index (χ3n) is 6.92. The topological polar surface area (TPSA) is 102 Å². The first-order chi connectivity index (χ1) is 15.7. The first-order valence-electron chi connectivity index (χ1n) is 11.9. The predicted molar refractivity (Wildman–Crippen MR) is 117 cm³/mol. The van der Waals surface area contributed by atoms with Crippen LogP contribution in [0.3, 0.4) is 0 Å². The second-order valence-electron chi connectivity index (χ2n) is 9.02. The molecule has 1 aliphatic carbocycles. The van der Waals surface area contributed by atoms with Gasteiger partial charge in [-0.2, -0.15) is 5.10 Å². The third-order valence-corrected chi connectivity index (χ3v) is 6.92. The number of likely N-dealkylation sites (tertiary alicyclic amines) is 1. The van der Waals surface area contributed by atoms with E-state index in [2.05, 4.69) is 20.5 Å². The maximum Gasteiger partial charge on any atom is 0.273 e. The highest BCUT2D eigenvalue weighted by Gasteiger charge is 2.27. The van der Waals surface area contributed by atoms with E-state index in [0.717, 1.165) is 87.0 Å². The fourth-order valence-corrected chi connectivity index (χ4v) is 5.08. The fraction of sp³-hybridized carbons (Fsp3) is 0.652. The smallest absolute Gasteiger partial charge is 0.273 e. The molecule has 1 N–H and O–H groups in total. The van der Waals surface area contributed by atoms with Gasteiger partial charge in [-0.3, -0.25) is 14.5 Å². The number of carbonyl (C=O) groups excluding carboxylic acids is 1. The number of nitrogens with one attached hydrogen (secondary N) is 1. The summed E-state index contributed by atoms with van der Waals surface area (Å²) >= 11 is 0. The van der Waals surface area contributed by atoms with Crippen LogP contribution >= 0.6 is 0 Å². The molecule has 1 amide bonds. The van der Waals surface area contributed by atoms with Gasteiger partial charge in [-0.05, 0) is 38.6 Å².